The Morgan fingerprint density at radius 1 is 1.62 bits per heavy atom. The van der Waals surface area contributed by atoms with E-state index in [1.807, 2.05) is 11.8 Å². The maximum absolute atomic E-state index is 10.9. The van der Waals surface area contributed by atoms with Gasteiger partial charge in [0.05, 0.1) is 0 Å². The summed E-state index contributed by atoms with van der Waals surface area (Å²) in [7, 11) is 0. The van der Waals surface area contributed by atoms with Gasteiger partial charge in [-0.1, -0.05) is 6.92 Å². The van der Waals surface area contributed by atoms with E-state index in [2.05, 4.69) is 5.92 Å². The van der Waals surface area contributed by atoms with Crippen molar-refractivity contribution in [1.82, 2.24) is 4.90 Å². The zero-order chi connectivity index (χ0) is 10.5. The zero-order valence-electron chi connectivity index (χ0n) is 8.50. The minimum Gasteiger partial charge on any atom is -0.480 e. The van der Waals surface area contributed by atoms with E-state index in [1.165, 1.54) is 0 Å². The van der Waals surface area contributed by atoms with Gasteiger partial charge in [0.15, 0.2) is 0 Å². The molecule has 3 heteroatoms. The lowest BCUT2D eigenvalue weighted by Crippen LogP contribution is -2.50. The largest absolute Gasteiger partial charge is 0.480 e. The lowest BCUT2D eigenvalue weighted by Gasteiger charge is -2.33. The van der Waals surface area contributed by atoms with Gasteiger partial charge in [0.2, 0.25) is 0 Å². The molecular weight excluding hydrogens is 166 g/mol. The summed E-state index contributed by atoms with van der Waals surface area (Å²) in [6.45, 7) is 6.64. The molecular formula is C10H17NO2. The number of carboxylic acids is 1. The predicted molar refractivity (Wildman–Crippen MR) is 52.4 cm³/mol. The van der Waals surface area contributed by atoms with Crippen LogP contribution in [-0.4, -0.2) is 34.6 Å². The highest BCUT2D eigenvalue weighted by Gasteiger charge is 2.32. The normalized spacial score (nSPS) is 11.3. The van der Waals surface area contributed by atoms with Crippen LogP contribution in [0.4, 0.5) is 0 Å². The molecule has 0 aliphatic carbocycles. The molecule has 3 nitrogen and oxygen atoms in total. The van der Waals surface area contributed by atoms with E-state index in [4.69, 9.17) is 11.5 Å². The number of carboxylic acid groups (broad SMARTS) is 1. The van der Waals surface area contributed by atoms with Crippen LogP contribution >= 0.6 is 0 Å². The third-order valence-corrected chi connectivity index (χ3v) is 2.22. The van der Waals surface area contributed by atoms with Gasteiger partial charge in [-0.15, -0.1) is 12.3 Å². The lowest BCUT2D eigenvalue weighted by atomic mass is 10.0. The Balaban J connectivity index is 4.39. The lowest BCUT2D eigenvalue weighted by molar-refractivity contribution is -0.149. The highest BCUT2D eigenvalue weighted by Crippen LogP contribution is 2.14. The molecule has 74 valence electrons. The van der Waals surface area contributed by atoms with Gasteiger partial charge in [-0.2, -0.15) is 0 Å². The minimum atomic E-state index is -0.828. The molecule has 0 unspecified atom stereocenters. The first kappa shape index (κ1) is 12.0. The SMILES string of the molecule is C#CCCN(CC)C(C)(C)C(=O)O. The van der Waals surface area contributed by atoms with Crippen molar-refractivity contribution in [2.24, 2.45) is 0 Å². The summed E-state index contributed by atoms with van der Waals surface area (Å²) in [4.78, 5) is 12.7. The molecule has 0 aromatic carbocycles. The second-order valence-corrected chi connectivity index (χ2v) is 3.40. The molecule has 0 aliphatic rings. The molecule has 0 aromatic rings. The number of hydrogen-bond acceptors (Lipinski definition) is 2. The van der Waals surface area contributed by atoms with Crippen molar-refractivity contribution in [2.75, 3.05) is 13.1 Å². The first-order chi connectivity index (χ1) is 5.96. The fraction of sp³-hybridized carbons (Fsp3) is 0.700. The van der Waals surface area contributed by atoms with Crippen LogP contribution in [0.3, 0.4) is 0 Å². The Morgan fingerprint density at radius 2 is 2.15 bits per heavy atom. The number of likely N-dealkylation sites (N-methyl/N-ethyl adjacent to an activating group) is 1. The van der Waals surface area contributed by atoms with Crippen LogP contribution in [0.15, 0.2) is 0 Å². The van der Waals surface area contributed by atoms with Crippen molar-refractivity contribution in [1.29, 1.82) is 0 Å². The summed E-state index contributed by atoms with van der Waals surface area (Å²) >= 11 is 0. The number of aliphatic carboxylic acids is 1. The molecule has 0 heterocycles. The molecule has 1 N–H and O–H groups in total. The fourth-order valence-electron chi connectivity index (χ4n) is 1.17. The third kappa shape index (κ3) is 3.08. The zero-order valence-corrected chi connectivity index (χ0v) is 8.50. The maximum Gasteiger partial charge on any atom is 0.323 e. The van der Waals surface area contributed by atoms with E-state index < -0.39 is 11.5 Å². The Bertz CT molecular complexity index is 215. The third-order valence-electron chi connectivity index (χ3n) is 2.22. The smallest absolute Gasteiger partial charge is 0.323 e. The summed E-state index contributed by atoms with van der Waals surface area (Å²) in [5, 5.41) is 8.95. The Labute approximate surface area is 79.7 Å². The van der Waals surface area contributed by atoms with Gasteiger partial charge in [-0.05, 0) is 20.4 Å². The molecule has 0 amide bonds. The standard InChI is InChI=1S/C10H17NO2/c1-5-7-8-11(6-2)10(3,4)9(12)13/h1H,6-8H2,2-4H3,(H,12,13). The summed E-state index contributed by atoms with van der Waals surface area (Å²) in [5.41, 5.74) is -0.828. The van der Waals surface area contributed by atoms with E-state index in [-0.39, 0.29) is 0 Å². The van der Waals surface area contributed by atoms with E-state index in [9.17, 15) is 4.79 Å². The highest BCUT2D eigenvalue weighted by atomic mass is 16.4. The van der Waals surface area contributed by atoms with Crippen molar-refractivity contribution < 1.29 is 9.90 Å². The molecule has 0 aromatic heterocycles. The average Bonchev–Trinajstić information content (AvgIpc) is 2.05. The minimum absolute atomic E-state index is 0.588. The van der Waals surface area contributed by atoms with E-state index >= 15 is 0 Å². The summed E-state index contributed by atoms with van der Waals surface area (Å²) < 4.78 is 0. The number of nitrogens with zero attached hydrogens (tertiary/aromatic N) is 1. The Kier molecular flexibility index (Phi) is 4.50. The summed E-state index contributed by atoms with van der Waals surface area (Å²) in [5.74, 6) is 1.70. The van der Waals surface area contributed by atoms with Gasteiger partial charge in [0.1, 0.15) is 5.54 Å². The van der Waals surface area contributed by atoms with Crippen molar-refractivity contribution in [2.45, 2.75) is 32.7 Å². The number of terminal acetylenes is 1. The fourth-order valence-corrected chi connectivity index (χ4v) is 1.17. The van der Waals surface area contributed by atoms with Gasteiger partial charge < -0.3 is 5.11 Å². The molecule has 0 fully saturated rings. The molecule has 0 rings (SSSR count). The van der Waals surface area contributed by atoms with Gasteiger partial charge in [-0.25, -0.2) is 0 Å². The van der Waals surface area contributed by atoms with Gasteiger partial charge >= 0.3 is 5.97 Å². The molecule has 0 aliphatic heterocycles. The summed E-state index contributed by atoms with van der Waals surface area (Å²) in [6.07, 6.45) is 5.71. The monoisotopic (exact) mass is 183 g/mol. The first-order valence-electron chi connectivity index (χ1n) is 4.38. The Morgan fingerprint density at radius 3 is 2.46 bits per heavy atom. The molecule has 0 radical (unpaired) electrons. The molecule has 0 spiro atoms. The highest BCUT2D eigenvalue weighted by molar-refractivity contribution is 5.77. The van der Waals surface area contributed by atoms with Gasteiger partial charge in [-0.3, -0.25) is 9.69 Å². The Hall–Kier alpha value is -1.01. The molecule has 0 atom stereocenters. The van der Waals surface area contributed by atoms with Crippen LogP contribution in [-0.2, 0) is 4.79 Å². The number of rotatable bonds is 5. The van der Waals surface area contributed by atoms with Gasteiger partial charge in [0.25, 0.3) is 0 Å². The molecule has 0 saturated heterocycles. The van der Waals surface area contributed by atoms with Crippen LogP contribution in [0.5, 0.6) is 0 Å². The van der Waals surface area contributed by atoms with E-state index in [0.717, 1.165) is 0 Å². The van der Waals surface area contributed by atoms with Crippen molar-refractivity contribution in [3.8, 4) is 12.3 Å². The van der Waals surface area contributed by atoms with E-state index in [0.29, 0.717) is 19.5 Å². The van der Waals surface area contributed by atoms with E-state index in [1.54, 1.807) is 13.8 Å². The predicted octanol–water partition coefficient (Wildman–Crippen LogP) is 1.19. The van der Waals surface area contributed by atoms with Crippen molar-refractivity contribution in [3.05, 3.63) is 0 Å². The second-order valence-electron chi connectivity index (χ2n) is 3.40. The number of carbonyl (C=O) groups is 1. The van der Waals surface area contributed by atoms with Crippen molar-refractivity contribution >= 4 is 5.97 Å². The quantitative estimate of drug-likeness (QED) is 0.651. The molecule has 0 saturated carbocycles. The number of hydrogen-bond donors (Lipinski definition) is 1. The first-order valence-corrected chi connectivity index (χ1v) is 4.38. The molecule has 0 bridgehead atoms. The van der Waals surface area contributed by atoms with Crippen LogP contribution in [0.2, 0.25) is 0 Å². The molecule has 13 heavy (non-hydrogen) atoms. The van der Waals surface area contributed by atoms with Crippen LogP contribution in [0.1, 0.15) is 27.2 Å². The van der Waals surface area contributed by atoms with Crippen molar-refractivity contribution in [3.63, 3.8) is 0 Å². The van der Waals surface area contributed by atoms with Gasteiger partial charge in [0, 0.05) is 13.0 Å². The average molecular weight is 183 g/mol. The van der Waals surface area contributed by atoms with Crippen LogP contribution < -0.4 is 0 Å². The maximum atomic E-state index is 10.9. The summed E-state index contributed by atoms with van der Waals surface area (Å²) in [6, 6.07) is 0. The van der Waals surface area contributed by atoms with Crippen LogP contribution in [0.25, 0.3) is 0 Å². The van der Waals surface area contributed by atoms with Crippen LogP contribution in [0, 0.1) is 12.3 Å². The second kappa shape index (κ2) is 4.88. The topological polar surface area (TPSA) is 40.5 Å².